The fourth-order valence-electron chi connectivity index (χ4n) is 0.163. The predicted molar refractivity (Wildman–Crippen MR) is 36.6 cm³/mol. The van der Waals surface area contributed by atoms with Gasteiger partial charge in [0.2, 0.25) is 0 Å². The summed E-state index contributed by atoms with van der Waals surface area (Å²) in [5.41, 5.74) is 0. The highest BCUT2D eigenvalue weighted by Gasteiger charge is 2.35. The molecular weight excluding hydrogens is 205 g/mol. The molecule has 10 heavy (non-hydrogen) atoms. The fourth-order valence-corrected chi connectivity index (χ4v) is 0.296. The number of alkyl halides is 3. The minimum Gasteiger partial charge on any atom is -0.482 e. The van der Waals surface area contributed by atoms with Crippen LogP contribution in [0.15, 0.2) is 0 Å². The molecule has 2 N–H and O–H groups in total. The topological polar surface area (TPSA) is 66.8 Å². The van der Waals surface area contributed by atoms with E-state index in [4.69, 9.17) is 44.9 Å². The van der Waals surface area contributed by atoms with Gasteiger partial charge >= 0.3 is 13.3 Å². The van der Waals surface area contributed by atoms with Crippen LogP contribution < -0.4 is 0 Å². The van der Waals surface area contributed by atoms with Gasteiger partial charge in [-0.3, -0.25) is 0 Å². The molecule has 0 saturated heterocycles. The van der Waals surface area contributed by atoms with E-state index in [0.717, 1.165) is 0 Å². The van der Waals surface area contributed by atoms with Crippen LogP contribution in [0, 0.1) is 0 Å². The van der Waals surface area contributed by atoms with Gasteiger partial charge in [0.25, 0.3) is 3.79 Å². The fraction of sp³-hybridized carbons (Fsp3) is 0.500. The maximum atomic E-state index is 10.3. The van der Waals surface area contributed by atoms with Gasteiger partial charge in [0.1, 0.15) is 0 Å². The summed E-state index contributed by atoms with van der Waals surface area (Å²) < 4.78 is 1.42. The third-order valence-electron chi connectivity index (χ3n) is 0.444. The Balaban J connectivity index is 3.87. The van der Waals surface area contributed by atoms with Crippen molar-refractivity contribution >= 4 is 48.1 Å². The van der Waals surface area contributed by atoms with Gasteiger partial charge in [-0.2, -0.15) is 0 Å². The maximum absolute atomic E-state index is 10.3. The van der Waals surface area contributed by atoms with E-state index in [1.165, 1.54) is 0 Å². The normalized spacial score (nSPS) is 10.9. The van der Waals surface area contributed by atoms with E-state index >= 15 is 0 Å². The van der Waals surface area contributed by atoms with Crippen molar-refractivity contribution in [2.45, 2.75) is 3.79 Å². The zero-order valence-electron chi connectivity index (χ0n) is 4.42. The molecule has 0 aliphatic rings. The number of carbonyl (C=O) groups excluding carboxylic acids is 1. The molecule has 0 saturated carbocycles. The van der Waals surface area contributed by atoms with E-state index in [1.807, 2.05) is 0 Å². The van der Waals surface area contributed by atoms with Crippen molar-refractivity contribution in [3.05, 3.63) is 0 Å². The second-order valence-electron chi connectivity index (χ2n) is 1.23. The molecule has 0 amide bonds. The van der Waals surface area contributed by atoms with E-state index in [9.17, 15) is 4.79 Å². The Morgan fingerprint density at radius 1 is 1.40 bits per heavy atom. The van der Waals surface area contributed by atoms with E-state index < -0.39 is 17.1 Å². The molecular formula is C2H2BCl3O4. The van der Waals surface area contributed by atoms with E-state index in [2.05, 4.69) is 4.65 Å². The predicted octanol–water partition coefficient (Wildman–Crippen LogP) is -0.131. The summed E-state index contributed by atoms with van der Waals surface area (Å²) in [4.78, 5) is 10.3. The third kappa shape index (κ3) is 4.19. The molecule has 8 heteroatoms. The Morgan fingerprint density at radius 2 is 1.80 bits per heavy atom. The first kappa shape index (κ1) is 10.3. The molecule has 0 aliphatic heterocycles. The Morgan fingerprint density at radius 3 is 1.90 bits per heavy atom. The lowest BCUT2D eigenvalue weighted by molar-refractivity contribution is -0.135. The van der Waals surface area contributed by atoms with Gasteiger partial charge in [0.15, 0.2) is 0 Å². The molecule has 0 aromatic heterocycles. The monoisotopic (exact) mass is 206 g/mol. The van der Waals surface area contributed by atoms with Crippen LogP contribution in [0.3, 0.4) is 0 Å². The van der Waals surface area contributed by atoms with Gasteiger partial charge in [-0.25, -0.2) is 4.79 Å². The standard InChI is InChI=1S/C2H2BCl3O4/c4-2(5,6)1(7)10-3(8)9/h8-9H. The summed E-state index contributed by atoms with van der Waals surface area (Å²) in [5.74, 6) is -1.34. The molecule has 4 nitrogen and oxygen atoms in total. The Bertz CT molecular complexity index is 131. The van der Waals surface area contributed by atoms with Crippen LogP contribution >= 0.6 is 34.8 Å². The summed E-state index contributed by atoms with van der Waals surface area (Å²) >= 11 is 14.9. The van der Waals surface area contributed by atoms with Crippen LogP contribution in [-0.4, -0.2) is 27.1 Å². The summed E-state index contributed by atoms with van der Waals surface area (Å²) in [7, 11) is -2.26. The molecule has 0 fully saturated rings. The second kappa shape index (κ2) is 3.64. The highest BCUT2D eigenvalue weighted by Crippen LogP contribution is 2.27. The van der Waals surface area contributed by atoms with Gasteiger partial charge in [-0.15, -0.1) is 0 Å². The van der Waals surface area contributed by atoms with E-state index in [-0.39, 0.29) is 0 Å². The van der Waals surface area contributed by atoms with E-state index in [1.54, 1.807) is 0 Å². The van der Waals surface area contributed by atoms with Crippen LogP contribution in [0.5, 0.6) is 0 Å². The molecule has 0 radical (unpaired) electrons. The lowest BCUT2D eigenvalue weighted by Crippen LogP contribution is -2.30. The molecule has 0 aromatic carbocycles. The number of rotatable bonds is 1. The SMILES string of the molecule is O=C(OB(O)O)C(Cl)(Cl)Cl. The van der Waals surface area contributed by atoms with Crippen LogP contribution in [0.25, 0.3) is 0 Å². The van der Waals surface area contributed by atoms with Crippen LogP contribution in [-0.2, 0) is 9.45 Å². The molecule has 58 valence electrons. The minimum atomic E-state index is -2.27. The first-order valence-corrected chi connectivity index (χ1v) is 3.11. The van der Waals surface area contributed by atoms with Gasteiger partial charge in [0.05, 0.1) is 0 Å². The highest BCUT2D eigenvalue weighted by atomic mass is 35.6. The summed E-state index contributed by atoms with van der Waals surface area (Å²) in [6, 6.07) is 0. The zero-order valence-corrected chi connectivity index (χ0v) is 6.69. The van der Waals surface area contributed by atoms with E-state index in [0.29, 0.717) is 0 Å². The molecule has 0 bridgehead atoms. The summed E-state index contributed by atoms with van der Waals surface area (Å²) in [6.07, 6.45) is 0. The lowest BCUT2D eigenvalue weighted by atomic mass is 10.3. The lowest BCUT2D eigenvalue weighted by Gasteiger charge is -2.08. The van der Waals surface area contributed by atoms with Crippen molar-refractivity contribution in [3.63, 3.8) is 0 Å². The first-order valence-electron chi connectivity index (χ1n) is 1.98. The molecule has 0 heterocycles. The quantitative estimate of drug-likeness (QED) is 0.464. The van der Waals surface area contributed by atoms with Crippen LogP contribution in [0.4, 0.5) is 0 Å². The van der Waals surface area contributed by atoms with Crippen LogP contribution in [0.1, 0.15) is 0 Å². The Hall–Kier alpha value is 0.325. The van der Waals surface area contributed by atoms with Gasteiger partial charge in [-0.05, 0) is 0 Å². The van der Waals surface area contributed by atoms with Crippen molar-refractivity contribution in [2.75, 3.05) is 0 Å². The van der Waals surface area contributed by atoms with Crippen LogP contribution in [0.2, 0.25) is 0 Å². The zero-order chi connectivity index (χ0) is 8.36. The van der Waals surface area contributed by atoms with Crippen molar-refractivity contribution < 1.29 is 19.5 Å². The average Bonchev–Trinajstić information content (AvgIpc) is 1.60. The average molecular weight is 207 g/mol. The number of carbonyl (C=O) groups is 1. The Kier molecular flexibility index (Phi) is 3.76. The highest BCUT2D eigenvalue weighted by molar-refractivity contribution is 6.76. The molecule has 0 rings (SSSR count). The number of halogens is 3. The largest absolute Gasteiger partial charge is 0.709 e. The van der Waals surface area contributed by atoms with Gasteiger partial charge in [-0.1, -0.05) is 34.8 Å². The Labute approximate surface area is 71.8 Å². The first-order chi connectivity index (χ1) is 4.34. The summed E-state index contributed by atoms with van der Waals surface area (Å²) in [6.45, 7) is 0. The smallest absolute Gasteiger partial charge is 0.482 e. The number of hydrogen-bond donors (Lipinski definition) is 2. The molecule has 0 aromatic rings. The third-order valence-corrected chi connectivity index (χ3v) is 0.907. The maximum Gasteiger partial charge on any atom is 0.709 e. The second-order valence-corrected chi connectivity index (χ2v) is 3.51. The van der Waals surface area contributed by atoms with Crippen molar-refractivity contribution in [1.29, 1.82) is 0 Å². The van der Waals surface area contributed by atoms with Crippen molar-refractivity contribution in [2.24, 2.45) is 0 Å². The molecule has 0 spiro atoms. The molecule has 0 atom stereocenters. The molecule has 0 aliphatic carbocycles. The number of hydrogen-bond acceptors (Lipinski definition) is 4. The van der Waals surface area contributed by atoms with Crippen molar-refractivity contribution in [3.8, 4) is 0 Å². The summed E-state index contributed by atoms with van der Waals surface area (Å²) in [5, 5.41) is 16.0. The minimum absolute atomic E-state index is 1.34. The molecule has 0 unspecified atom stereocenters. The van der Waals surface area contributed by atoms with Crippen molar-refractivity contribution in [1.82, 2.24) is 0 Å². The van der Waals surface area contributed by atoms with Gasteiger partial charge < -0.3 is 14.7 Å². The van der Waals surface area contributed by atoms with Gasteiger partial charge in [0, 0.05) is 0 Å².